The molecule has 0 bridgehead atoms. The molecule has 25 heavy (non-hydrogen) atoms. The quantitative estimate of drug-likeness (QED) is 0.759. The normalized spacial score (nSPS) is 20.6. The van der Waals surface area contributed by atoms with Crippen LogP contribution < -0.4 is 10.6 Å². The van der Waals surface area contributed by atoms with Gasteiger partial charge in [0.2, 0.25) is 0 Å². The van der Waals surface area contributed by atoms with Crippen LogP contribution in [-0.4, -0.2) is 79.2 Å². The molecule has 142 valence electrons. The number of anilines is 2. The number of nitrogens with zero attached hydrogens (tertiary/aromatic N) is 1. The van der Waals surface area contributed by atoms with Crippen LogP contribution >= 0.6 is 0 Å². The first-order chi connectivity index (χ1) is 12.4. The largest absolute Gasteiger partial charge is 0.399 e. The van der Waals surface area contributed by atoms with Crippen molar-refractivity contribution in [2.75, 3.05) is 89.8 Å². The van der Waals surface area contributed by atoms with Crippen molar-refractivity contribution in [3.8, 4) is 0 Å². The molecule has 1 aromatic rings. The highest BCUT2D eigenvalue weighted by atomic mass is 16.6. The molecular weight excluding hydrogens is 324 g/mol. The lowest BCUT2D eigenvalue weighted by Gasteiger charge is -2.25. The Kier molecular flexibility index (Phi) is 10.3. The minimum absolute atomic E-state index is 0.573. The summed E-state index contributed by atoms with van der Waals surface area (Å²) in [5.74, 6) is 0. The van der Waals surface area contributed by atoms with Crippen molar-refractivity contribution in [1.82, 2.24) is 0 Å². The van der Waals surface area contributed by atoms with Crippen molar-refractivity contribution in [3.63, 3.8) is 0 Å². The Morgan fingerprint density at radius 2 is 0.920 bits per heavy atom. The molecule has 2 rings (SSSR count). The molecule has 0 saturated carbocycles. The summed E-state index contributed by atoms with van der Waals surface area (Å²) >= 11 is 0. The number of hydrogen-bond acceptors (Lipinski definition) is 7. The van der Waals surface area contributed by atoms with E-state index in [1.54, 1.807) is 0 Å². The molecule has 0 aliphatic carbocycles. The van der Waals surface area contributed by atoms with Crippen LogP contribution in [0.25, 0.3) is 0 Å². The fourth-order valence-electron chi connectivity index (χ4n) is 2.39. The zero-order chi connectivity index (χ0) is 17.6. The summed E-state index contributed by atoms with van der Waals surface area (Å²) in [6.07, 6.45) is 0. The van der Waals surface area contributed by atoms with Crippen molar-refractivity contribution in [2.24, 2.45) is 0 Å². The van der Waals surface area contributed by atoms with E-state index in [1.165, 1.54) is 0 Å². The van der Waals surface area contributed by atoms with Crippen molar-refractivity contribution in [2.45, 2.75) is 0 Å². The summed E-state index contributed by atoms with van der Waals surface area (Å²) in [6.45, 7) is 7.43. The second kappa shape index (κ2) is 12.9. The predicted molar refractivity (Wildman–Crippen MR) is 97.2 cm³/mol. The number of rotatable bonds is 1. The number of nitrogen functional groups attached to an aromatic ring is 1. The molecule has 1 aliphatic heterocycles. The van der Waals surface area contributed by atoms with E-state index in [9.17, 15) is 0 Å². The Labute approximate surface area is 149 Å². The molecule has 1 fully saturated rings. The van der Waals surface area contributed by atoms with E-state index in [4.69, 9.17) is 29.4 Å². The first-order valence-corrected chi connectivity index (χ1v) is 8.85. The molecular formula is C18H30N2O5. The lowest BCUT2D eigenvalue weighted by atomic mass is 10.2. The highest BCUT2D eigenvalue weighted by Crippen LogP contribution is 2.16. The standard InChI is InChI=1S/C18H30N2O5/c19-17-1-3-18(4-2-17)20-5-7-21-9-11-23-13-15-25-16-14-24-12-10-22-8-6-20/h1-4H,5-16,19H2. The maximum absolute atomic E-state index is 5.77. The zero-order valence-corrected chi connectivity index (χ0v) is 14.9. The Morgan fingerprint density at radius 1 is 0.560 bits per heavy atom. The van der Waals surface area contributed by atoms with Gasteiger partial charge in [0.15, 0.2) is 0 Å². The van der Waals surface area contributed by atoms with E-state index in [1.807, 2.05) is 24.3 Å². The van der Waals surface area contributed by atoms with Gasteiger partial charge in [-0.05, 0) is 24.3 Å². The van der Waals surface area contributed by atoms with Gasteiger partial charge in [0, 0.05) is 24.5 Å². The van der Waals surface area contributed by atoms with Crippen LogP contribution in [0.15, 0.2) is 24.3 Å². The molecule has 2 N–H and O–H groups in total. The molecule has 1 saturated heterocycles. The van der Waals surface area contributed by atoms with Crippen molar-refractivity contribution in [3.05, 3.63) is 24.3 Å². The molecule has 1 aromatic carbocycles. The topological polar surface area (TPSA) is 75.4 Å². The fourth-order valence-corrected chi connectivity index (χ4v) is 2.39. The Hall–Kier alpha value is -1.38. The second-order valence-corrected chi connectivity index (χ2v) is 5.64. The van der Waals surface area contributed by atoms with Crippen LogP contribution in [0.1, 0.15) is 0 Å². The summed E-state index contributed by atoms with van der Waals surface area (Å²) in [5.41, 5.74) is 7.65. The molecule has 0 radical (unpaired) electrons. The van der Waals surface area contributed by atoms with Crippen LogP contribution in [0.3, 0.4) is 0 Å². The van der Waals surface area contributed by atoms with E-state index >= 15 is 0 Å². The third-order valence-electron chi connectivity index (χ3n) is 3.76. The Bertz CT molecular complexity index is 426. The average molecular weight is 354 g/mol. The van der Waals surface area contributed by atoms with E-state index < -0.39 is 0 Å². The van der Waals surface area contributed by atoms with E-state index in [0.29, 0.717) is 66.1 Å². The van der Waals surface area contributed by atoms with Gasteiger partial charge in [-0.25, -0.2) is 0 Å². The predicted octanol–water partition coefficient (Wildman–Crippen LogP) is 1.17. The van der Waals surface area contributed by atoms with Gasteiger partial charge in [-0.3, -0.25) is 0 Å². The van der Waals surface area contributed by atoms with Crippen molar-refractivity contribution >= 4 is 11.4 Å². The first kappa shape index (κ1) is 19.9. The summed E-state index contributed by atoms with van der Waals surface area (Å²) in [4.78, 5) is 2.23. The number of benzene rings is 1. The van der Waals surface area contributed by atoms with Gasteiger partial charge in [0.1, 0.15) is 0 Å². The monoisotopic (exact) mass is 354 g/mol. The van der Waals surface area contributed by atoms with Gasteiger partial charge in [-0.2, -0.15) is 0 Å². The molecule has 0 spiro atoms. The Morgan fingerprint density at radius 3 is 1.32 bits per heavy atom. The average Bonchev–Trinajstić information content (AvgIpc) is 2.62. The van der Waals surface area contributed by atoms with Crippen LogP contribution in [0.4, 0.5) is 11.4 Å². The molecule has 0 amide bonds. The van der Waals surface area contributed by atoms with Crippen LogP contribution in [0.5, 0.6) is 0 Å². The lowest BCUT2D eigenvalue weighted by Crippen LogP contribution is -2.31. The summed E-state index contributed by atoms with van der Waals surface area (Å²) in [6, 6.07) is 7.86. The highest BCUT2D eigenvalue weighted by Gasteiger charge is 2.07. The molecule has 0 aromatic heterocycles. The maximum Gasteiger partial charge on any atom is 0.0701 e. The van der Waals surface area contributed by atoms with Gasteiger partial charge in [0.05, 0.1) is 66.1 Å². The SMILES string of the molecule is Nc1ccc(N2CCOCCOCCOCCOCCOCC2)cc1. The molecule has 0 unspecified atom stereocenters. The van der Waals surface area contributed by atoms with Gasteiger partial charge in [-0.1, -0.05) is 0 Å². The molecule has 7 nitrogen and oxygen atoms in total. The van der Waals surface area contributed by atoms with Crippen LogP contribution in [0, 0.1) is 0 Å². The summed E-state index contributed by atoms with van der Waals surface area (Å²) in [7, 11) is 0. The van der Waals surface area contributed by atoms with E-state index in [0.717, 1.165) is 24.5 Å². The van der Waals surface area contributed by atoms with E-state index in [-0.39, 0.29) is 0 Å². The number of nitrogens with two attached hydrogens (primary N) is 1. The minimum atomic E-state index is 0.573. The smallest absolute Gasteiger partial charge is 0.0701 e. The van der Waals surface area contributed by atoms with Gasteiger partial charge >= 0.3 is 0 Å². The first-order valence-electron chi connectivity index (χ1n) is 8.85. The third-order valence-corrected chi connectivity index (χ3v) is 3.76. The third kappa shape index (κ3) is 9.04. The van der Waals surface area contributed by atoms with E-state index in [2.05, 4.69) is 4.90 Å². The van der Waals surface area contributed by atoms with Crippen LogP contribution in [0.2, 0.25) is 0 Å². The lowest BCUT2D eigenvalue weighted by molar-refractivity contribution is -0.0116. The highest BCUT2D eigenvalue weighted by molar-refractivity contribution is 5.53. The Balaban J connectivity index is 1.80. The molecule has 0 atom stereocenters. The van der Waals surface area contributed by atoms with Crippen LogP contribution in [-0.2, 0) is 23.7 Å². The second-order valence-electron chi connectivity index (χ2n) is 5.64. The molecule has 7 heteroatoms. The number of ether oxygens (including phenoxy) is 5. The van der Waals surface area contributed by atoms with Crippen molar-refractivity contribution < 1.29 is 23.7 Å². The summed E-state index contributed by atoms with van der Waals surface area (Å²) < 4.78 is 27.7. The molecule has 1 aliphatic rings. The van der Waals surface area contributed by atoms with Crippen molar-refractivity contribution in [1.29, 1.82) is 0 Å². The minimum Gasteiger partial charge on any atom is -0.399 e. The van der Waals surface area contributed by atoms with Gasteiger partial charge in [0.25, 0.3) is 0 Å². The fraction of sp³-hybridized carbons (Fsp3) is 0.667. The summed E-state index contributed by atoms with van der Waals surface area (Å²) in [5, 5.41) is 0. The molecule has 1 heterocycles. The van der Waals surface area contributed by atoms with Gasteiger partial charge < -0.3 is 34.3 Å². The maximum atomic E-state index is 5.77. The number of hydrogen-bond donors (Lipinski definition) is 1. The zero-order valence-electron chi connectivity index (χ0n) is 14.9. The van der Waals surface area contributed by atoms with Gasteiger partial charge in [-0.15, -0.1) is 0 Å².